The monoisotopic (exact) mass is 502 g/mol. The molecule has 3 atom stereocenters. The number of amides is 4. The van der Waals surface area contributed by atoms with Gasteiger partial charge in [0, 0.05) is 5.92 Å². The van der Waals surface area contributed by atoms with Gasteiger partial charge < -0.3 is 16.8 Å². The molecule has 0 bridgehead atoms. The van der Waals surface area contributed by atoms with Gasteiger partial charge in [0.05, 0.1) is 6.04 Å². The average Bonchev–Trinajstić information content (AvgIpc) is 2.87. The highest BCUT2D eigenvalue weighted by Gasteiger charge is 2.35. The summed E-state index contributed by atoms with van der Waals surface area (Å²) < 4.78 is 0. The van der Waals surface area contributed by atoms with Crippen molar-refractivity contribution in [2.24, 2.45) is 17.4 Å². The third-order valence-electron chi connectivity index (χ3n) is 6.18. The van der Waals surface area contributed by atoms with Crippen molar-refractivity contribution in [1.82, 2.24) is 10.2 Å². The number of benzene rings is 1. The fraction of sp³-hybridized carbons (Fsp3) is 0.593. The summed E-state index contributed by atoms with van der Waals surface area (Å²) in [7, 11) is 0. The second kappa shape index (κ2) is 16.6. The summed E-state index contributed by atoms with van der Waals surface area (Å²) in [6.07, 6.45) is 6.92. The molecule has 0 spiro atoms. The van der Waals surface area contributed by atoms with E-state index in [1.165, 1.54) is 0 Å². The van der Waals surface area contributed by atoms with Crippen molar-refractivity contribution < 1.29 is 24.0 Å². The molecule has 0 aliphatic rings. The highest BCUT2D eigenvalue weighted by Crippen LogP contribution is 2.19. The summed E-state index contributed by atoms with van der Waals surface area (Å²) in [5.41, 5.74) is 11.8. The Balaban J connectivity index is 3.09. The van der Waals surface area contributed by atoms with E-state index in [0.29, 0.717) is 29.7 Å². The number of nitrogens with one attached hydrogen (secondary N) is 1. The molecule has 5 N–H and O–H groups in total. The minimum Gasteiger partial charge on any atom is -0.368 e. The molecule has 9 heteroatoms. The molecule has 1 aromatic carbocycles. The van der Waals surface area contributed by atoms with Gasteiger partial charge in [0.2, 0.25) is 23.5 Å². The average molecular weight is 503 g/mol. The van der Waals surface area contributed by atoms with Gasteiger partial charge in [-0.2, -0.15) is 0 Å². The summed E-state index contributed by atoms with van der Waals surface area (Å²) in [5.74, 6) is -4.68. The quantitative estimate of drug-likeness (QED) is 0.220. The number of carbonyl (C=O) groups excluding carboxylic acids is 5. The summed E-state index contributed by atoms with van der Waals surface area (Å²) in [5, 5.41) is 2.49. The molecule has 1 rings (SSSR count). The van der Waals surface area contributed by atoms with E-state index in [0.717, 1.165) is 32.1 Å². The molecule has 36 heavy (non-hydrogen) atoms. The molecular formula is C27H42N4O5. The van der Waals surface area contributed by atoms with Gasteiger partial charge >= 0.3 is 0 Å². The zero-order valence-electron chi connectivity index (χ0n) is 21.8. The maximum absolute atomic E-state index is 13.4. The van der Waals surface area contributed by atoms with Gasteiger partial charge in [-0.05, 0) is 24.8 Å². The zero-order valence-corrected chi connectivity index (χ0v) is 21.8. The van der Waals surface area contributed by atoms with Crippen LogP contribution in [-0.4, -0.2) is 46.9 Å². The van der Waals surface area contributed by atoms with E-state index in [2.05, 4.69) is 12.2 Å². The molecule has 0 heterocycles. The van der Waals surface area contributed by atoms with Gasteiger partial charge in [-0.3, -0.25) is 28.9 Å². The fourth-order valence-corrected chi connectivity index (χ4v) is 4.01. The number of Topliss-reactive ketones (excluding diaryl/α,β-unsaturated/α-hetero) is 1. The predicted molar refractivity (Wildman–Crippen MR) is 138 cm³/mol. The first kappa shape index (κ1) is 31.0. The van der Waals surface area contributed by atoms with E-state index in [1.807, 2.05) is 13.8 Å². The van der Waals surface area contributed by atoms with Crippen LogP contribution in [0.1, 0.15) is 90.2 Å². The molecular weight excluding hydrogens is 460 g/mol. The van der Waals surface area contributed by atoms with Crippen molar-refractivity contribution in [3.63, 3.8) is 0 Å². The van der Waals surface area contributed by atoms with Gasteiger partial charge in [0.15, 0.2) is 0 Å². The van der Waals surface area contributed by atoms with Crippen molar-refractivity contribution in [2.45, 2.75) is 90.6 Å². The van der Waals surface area contributed by atoms with Gasteiger partial charge in [-0.15, -0.1) is 0 Å². The smallest absolute Gasteiger partial charge is 0.298 e. The normalized spacial score (nSPS) is 13.3. The maximum Gasteiger partial charge on any atom is 0.298 e. The highest BCUT2D eigenvalue weighted by atomic mass is 16.2. The molecule has 0 radical (unpaired) electrons. The van der Waals surface area contributed by atoms with Crippen molar-refractivity contribution in [3.05, 3.63) is 35.9 Å². The van der Waals surface area contributed by atoms with Crippen molar-refractivity contribution >= 4 is 29.4 Å². The van der Waals surface area contributed by atoms with Crippen LogP contribution < -0.4 is 16.8 Å². The van der Waals surface area contributed by atoms with Gasteiger partial charge in [-0.25, -0.2) is 0 Å². The Labute approximate surface area is 214 Å². The van der Waals surface area contributed by atoms with Crippen LogP contribution in [0.4, 0.5) is 0 Å². The van der Waals surface area contributed by atoms with E-state index in [-0.39, 0.29) is 6.42 Å². The minimum atomic E-state index is -1.15. The number of ketones is 1. The molecule has 9 nitrogen and oxygen atoms in total. The van der Waals surface area contributed by atoms with Crippen LogP contribution in [0.5, 0.6) is 0 Å². The molecule has 200 valence electrons. The number of imide groups is 1. The fourth-order valence-electron chi connectivity index (χ4n) is 4.01. The lowest BCUT2D eigenvalue weighted by Crippen LogP contribution is -2.53. The number of hydrogen-bond donors (Lipinski definition) is 3. The maximum atomic E-state index is 13.4. The zero-order chi connectivity index (χ0) is 27.1. The first-order chi connectivity index (χ1) is 17.2. The molecule has 4 amide bonds. The number of rotatable bonds is 17. The first-order valence-electron chi connectivity index (χ1n) is 13.0. The SMILES string of the molecule is CCCCCCCC(CC)C(=O)N(CC(=O)NC(C(N)=O)c1ccccc1)C(=O)C(=O)C(N)CCC. The Kier molecular flexibility index (Phi) is 14.3. The van der Waals surface area contributed by atoms with Crippen LogP contribution in [0, 0.1) is 5.92 Å². The minimum absolute atomic E-state index is 0.283. The molecule has 3 unspecified atom stereocenters. The summed E-state index contributed by atoms with van der Waals surface area (Å²) in [4.78, 5) is 64.7. The van der Waals surface area contributed by atoms with Crippen LogP contribution in [0.15, 0.2) is 30.3 Å². The van der Waals surface area contributed by atoms with Crippen LogP contribution in [0.2, 0.25) is 0 Å². The number of unbranched alkanes of at least 4 members (excludes halogenated alkanes) is 4. The molecule has 0 aromatic heterocycles. The number of carbonyl (C=O) groups is 5. The van der Waals surface area contributed by atoms with Crippen LogP contribution in [0.25, 0.3) is 0 Å². The summed E-state index contributed by atoms with van der Waals surface area (Å²) >= 11 is 0. The van der Waals surface area contributed by atoms with Crippen molar-refractivity contribution in [2.75, 3.05) is 6.54 Å². The van der Waals surface area contributed by atoms with Gasteiger partial charge in [0.25, 0.3) is 5.91 Å². The van der Waals surface area contributed by atoms with E-state index in [9.17, 15) is 24.0 Å². The summed E-state index contributed by atoms with van der Waals surface area (Å²) in [6.45, 7) is 5.08. The Morgan fingerprint density at radius 1 is 0.889 bits per heavy atom. The lowest BCUT2D eigenvalue weighted by Gasteiger charge is -2.26. The standard InChI is InChI=1S/C27H42N4O5/c1-4-7-8-9-11-15-19(6-3)26(35)31(27(36)24(33)21(28)14-5-2)18-22(32)30-23(25(29)34)20-16-12-10-13-17-20/h10,12-13,16-17,19,21,23H,4-9,11,14-15,18,28H2,1-3H3,(H2,29,34)(H,30,32). The van der Waals surface area contributed by atoms with Gasteiger partial charge in [-0.1, -0.05) is 89.6 Å². The Hall–Kier alpha value is -3.07. The van der Waals surface area contributed by atoms with E-state index in [4.69, 9.17) is 11.5 Å². The van der Waals surface area contributed by atoms with Crippen LogP contribution in [-0.2, 0) is 24.0 Å². The first-order valence-corrected chi connectivity index (χ1v) is 13.0. The van der Waals surface area contributed by atoms with Crippen molar-refractivity contribution in [1.29, 1.82) is 0 Å². The molecule has 0 saturated heterocycles. The number of hydrogen-bond acceptors (Lipinski definition) is 6. The van der Waals surface area contributed by atoms with E-state index < -0.39 is 54.0 Å². The molecule has 0 aliphatic heterocycles. The second-order valence-corrected chi connectivity index (χ2v) is 9.11. The Morgan fingerprint density at radius 2 is 1.53 bits per heavy atom. The van der Waals surface area contributed by atoms with Crippen molar-refractivity contribution in [3.8, 4) is 0 Å². The van der Waals surface area contributed by atoms with Gasteiger partial charge in [0.1, 0.15) is 12.6 Å². The molecule has 0 fully saturated rings. The van der Waals surface area contributed by atoms with E-state index >= 15 is 0 Å². The lowest BCUT2D eigenvalue weighted by atomic mass is 9.96. The molecule has 0 saturated carbocycles. The molecule has 1 aromatic rings. The van der Waals surface area contributed by atoms with Crippen LogP contribution in [0.3, 0.4) is 0 Å². The van der Waals surface area contributed by atoms with Crippen LogP contribution >= 0.6 is 0 Å². The Morgan fingerprint density at radius 3 is 2.08 bits per heavy atom. The summed E-state index contributed by atoms with van der Waals surface area (Å²) in [6, 6.07) is 6.18. The number of primary amides is 1. The second-order valence-electron chi connectivity index (χ2n) is 9.11. The van der Waals surface area contributed by atoms with E-state index in [1.54, 1.807) is 30.3 Å². The highest BCUT2D eigenvalue weighted by molar-refractivity contribution is 6.40. The third-order valence-corrected chi connectivity index (χ3v) is 6.18. The predicted octanol–water partition coefficient (Wildman–Crippen LogP) is 2.77. The Bertz CT molecular complexity index is 874. The third kappa shape index (κ3) is 9.89. The largest absolute Gasteiger partial charge is 0.368 e. The number of nitrogens with zero attached hydrogens (tertiary/aromatic N) is 1. The topological polar surface area (TPSA) is 153 Å². The lowest BCUT2D eigenvalue weighted by molar-refractivity contribution is -0.156. The molecule has 0 aliphatic carbocycles. The number of nitrogens with two attached hydrogens (primary N) is 2.